The van der Waals surface area contributed by atoms with E-state index in [0.717, 1.165) is 6.54 Å². The molecule has 0 fully saturated rings. The lowest BCUT2D eigenvalue weighted by molar-refractivity contribution is 0.464. The average Bonchev–Trinajstić information content (AvgIpc) is 1.66. The summed E-state index contributed by atoms with van der Waals surface area (Å²) in [6.07, 6.45) is 0. The normalized spacial score (nSPS) is 7.50. The van der Waals surface area contributed by atoms with E-state index >= 15 is 0 Å². The highest BCUT2D eigenvalue weighted by Gasteiger charge is 1.80. The van der Waals surface area contributed by atoms with Crippen molar-refractivity contribution in [1.82, 2.24) is 4.90 Å². The molecule has 0 aliphatic carbocycles. The molecule has 0 aromatic carbocycles. The molecule has 0 bridgehead atoms. The van der Waals surface area contributed by atoms with E-state index < -0.39 is 19.3 Å². The Morgan fingerprint density at radius 3 is 2.62 bits per heavy atom. The summed E-state index contributed by atoms with van der Waals surface area (Å²) < 4.78 is 2.89. The fourth-order valence-electron chi connectivity index (χ4n) is 0.261. The molecule has 8 heavy (non-hydrogen) atoms. The first-order chi connectivity index (χ1) is 3.77. The first-order valence-electron chi connectivity index (χ1n) is 2.44. The lowest BCUT2D eigenvalue weighted by Gasteiger charge is -2.00. The summed E-state index contributed by atoms with van der Waals surface area (Å²) in [5.74, 6) is 2.94. The maximum Gasteiger partial charge on any atom is 0.598 e. The van der Waals surface area contributed by atoms with Crippen LogP contribution in [0.3, 0.4) is 0 Å². The van der Waals surface area contributed by atoms with Gasteiger partial charge in [-0.3, -0.25) is 4.90 Å². The second-order valence-corrected chi connectivity index (χ2v) is 3.15. The summed E-state index contributed by atoms with van der Waals surface area (Å²) in [6.45, 7) is 0.833. The maximum absolute atomic E-state index is 5.43. The van der Waals surface area contributed by atoms with Crippen LogP contribution >= 0.6 is 9.07 Å². The zero-order chi connectivity index (χ0) is 6.41. The first-order valence-corrected chi connectivity index (χ1v) is 5.28. The van der Waals surface area contributed by atoms with Crippen molar-refractivity contribution in [2.45, 2.75) is 0 Å². The molecule has 0 saturated carbocycles. The van der Waals surface area contributed by atoms with E-state index in [4.69, 9.17) is 9.07 Å². The van der Waals surface area contributed by atoms with Crippen LogP contribution in [0.5, 0.6) is 0 Å². The Hall–Kier alpha value is 0.576. The van der Waals surface area contributed by atoms with Crippen LogP contribution in [0.25, 0.3) is 0 Å². The highest BCUT2D eigenvalue weighted by molar-refractivity contribution is 6.98. The van der Waals surface area contributed by atoms with Crippen LogP contribution < -0.4 is 0 Å². The number of hydrogen-bond donors (Lipinski definition) is 0. The molecule has 0 N–H and O–H groups in total. The number of hydrogen-bond acceptors (Lipinski definition) is 1. The van der Waals surface area contributed by atoms with E-state index in [1.54, 1.807) is 0 Å². The van der Waals surface area contributed by atoms with Gasteiger partial charge in [0.05, 0.1) is 6.54 Å². The summed E-state index contributed by atoms with van der Waals surface area (Å²) in [5, 5.41) is 0. The summed E-state index contributed by atoms with van der Waals surface area (Å²) in [7, 11) is 9.41. The summed E-state index contributed by atoms with van der Waals surface area (Å²) in [6, 6.07) is 0. The number of rotatable bonds is 1. The molecular formula is C5H8ClMgN. The van der Waals surface area contributed by atoms with Gasteiger partial charge in [0.15, 0.2) is 0 Å². The van der Waals surface area contributed by atoms with Gasteiger partial charge in [0, 0.05) is 0 Å². The van der Waals surface area contributed by atoms with Crippen molar-refractivity contribution in [1.29, 1.82) is 0 Å². The van der Waals surface area contributed by atoms with Crippen LogP contribution in [0, 0.1) is 9.97 Å². The van der Waals surface area contributed by atoms with E-state index in [0.29, 0.717) is 0 Å². The molecule has 0 saturated heterocycles. The zero-order valence-electron chi connectivity index (χ0n) is 5.24. The summed E-state index contributed by atoms with van der Waals surface area (Å²) in [4.78, 5) is 2.02. The van der Waals surface area contributed by atoms with E-state index in [9.17, 15) is 0 Å². The summed E-state index contributed by atoms with van der Waals surface area (Å²) in [5.41, 5.74) is 0. The van der Waals surface area contributed by atoms with Crippen LogP contribution in [0.2, 0.25) is 0 Å². The lowest BCUT2D eigenvalue weighted by Crippen LogP contribution is -2.10. The topological polar surface area (TPSA) is 3.24 Å². The molecule has 0 amide bonds. The van der Waals surface area contributed by atoms with Crippen LogP contribution in [0.1, 0.15) is 0 Å². The number of halogens is 1. The Bertz CT molecular complexity index is 103. The SMILES string of the molecule is CN(C)CC#[C][Mg][Cl]. The van der Waals surface area contributed by atoms with Gasteiger partial charge in [-0.2, -0.15) is 0 Å². The predicted molar refractivity (Wildman–Crippen MR) is 37.9 cm³/mol. The largest absolute Gasteiger partial charge is 0.598 e. The molecule has 0 radical (unpaired) electrons. The Kier molecular flexibility index (Phi) is 6.12. The van der Waals surface area contributed by atoms with Crippen LogP contribution in [0.4, 0.5) is 0 Å². The van der Waals surface area contributed by atoms with Crippen LogP contribution in [-0.4, -0.2) is 44.8 Å². The third kappa shape index (κ3) is 6.58. The van der Waals surface area contributed by atoms with Crippen LogP contribution in [0.15, 0.2) is 0 Å². The Labute approximate surface area is 63.9 Å². The standard InChI is InChI=1S/C5H8N.ClH.Mg/c1-4-5-6(2)3;;/h5H2,2-3H3;1H;/q;;+1/p-1. The van der Waals surface area contributed by atoms with E-state index in [1.165, 1.54) is 0 Å². The average molecular weight is 142 g/mol. The third-order valence-corrected chi connectivity index (χ3v) is 1.37. The predicted octanol–water partition coefficient (Wildman–Crippen LogP) is 0.367. The maximum atomic E-state index is 5.43. The molecule has 0 aliphatic rings. The minimum atomic E-state index is -0.545. The Morgan fingerprint density at radius 1 is 1.62 bits per heavy atom. The molecule has 0 heterocycles. The van der Waals surface area contributed by atoms with Gasteiger partial charge in [-0.15, -0.1) is 5.92 Å². The van der Waals surface area contributed by atoms with Gasteiger partial charge in [0.1, 0.15) is 0 Å². The highest BCUT2D eigenvalue weighted by atomic mass is 35.5. The molecule has 0 atom stereocenters. The van der Waals surface area contributed by atoms with E-state index in [-0.39, 0.29) is 0 Å². The molecule has 0 aromatic heterocycles. The minimum Gasteiger partial charge on any atom is -0.316 e. The molecule has 0 aromatic rings. The second kappa shape index (κ2) is 5.71. The fraction of sp³-hybridized carbons (Fsp3) is 0.600. The highest BCUT2D eigenvalue weighted by Crippen LogP contribution is 1.69. The quantitative estimate of drug-likeness (QED) is 0.377. The molecule has 0 rings (SSSR count). The van der Waals surface area contributed by atoms with Gasteiger partial charge in [0.2, 0.25) is 0 Å². The molecule has 0 unspecified atom stereocenters. The molecule has 0 spiro atoms. The van der Waals surface area contributed by atoms with Crippen molar-refractivity contribution in [2.75, 3.05) is 20.6 Å². The van der Waals surface area contributed by atoms with Crippen molar-refractivity contribution in [3.05, 3.63) is 0 Å². The molecule has 3 heteroatoms. The van der Waals surface area contributed by atoms with E-state index in [1.807, 2.05) is 19.0 Å². The molecule has 1 nitrogen and oxygen atoms in total. The van der Waals surface area contributed by atoms with Crippen molar-refractivity contribution < 1.29 is 0 Å². The van der Waals surface area contributed by atoms with Gasteiger partial charge in [-0.1, -0.05) is 0 Å². The van der Waals surface area contributed by atoms with Gasteiger partial charge in [-0.05, 0) is 14.1 Å². The Balaban J connectivity index is 3.15. The third-order valence-electron chi connectivity index (χ3n) is 0.587. The van der Waals surface area contributed by atoms with Gasteiger partial charge in [0.25, 0.3) is 0 Å². The first kappa shape index (κ1) is 8.58. The minimum absolute atomic E-state index is 0.545. The van der Waals surface area contributed by atoms with Crippen LogP contribution in [-0.2, 0) is 0 Å². The smallest absolute Gasteiger partial charge is 0.316 e. The van der Waals surface area contributed by atoms with Crippen molar-refractivity contribution >= 4 is 28.3 Å². The Morgan fingerprint density at radius 2 is 2.25 bits per heavy atom. The van der Waals surface area contributed by atoms with E-state index in [2.05, 4.69) is 9.97 Å². The molecule has 0 aliphatic heterocycles. The summed E-state index contributed by atoms with van der Waals surface area (Å²) >= 11 is -0.545. The van der Waals surface area contributed by atoms with Crippen molar-refractivity contribution in [2.24, 2.45) is 0 Å². The van der Waals surface area contributed by atoms with Gasteiger partial charge >= 0.3 is 19.3 Å². The van der Waals surface area contributed by atoms with Crippen molar-refractivity contribution in [3.8, 4) is 9.97 Å². The number of nitrogens with zero attached hydrogens (tertiary/aromatic N) is 1. The van der Waals surface area contributed by atoms with Gasteiger partial charge < -0.3 is 9.07 Å². The second-order valence-electron chi connectivity index (χ2n) is 1.72. The monoisotopic (exact) mass is 141 g/mol. The lowest BCUT2D eigenvalue weighted by atomic mass is 10.6. The van der Waals surface area contributed by atoms with Crippen molar-refractivity contribution in [3.63, 3.8) is 0 Å². The molecular weight excluding hydrogens is 134 g/mol. The fourth-order valence-corrected chi connectivity index (χ4v) is 0.751. The molecule has 42 valence electrons. The zero-order valence-corrected chi connectivity index (χ0v) is 7.41. The van der Waals surface area contributed by atoms with Gasteiger partial charge in [-0.25, -0.2) is 4.05 Å².